The first kappa shape index (κ1) is 18.5. The van der Waals surface area contributed by atoms with Gasteiger partial charge in [-0.05, 0) is 48.8 Å². The number of hydrogen-bond donors (Lipinski definition) is 1. The van der Waals surface area contributed by atoms with Gasteiger partial charge in [0.15, 0.2) is 6.29 Å². The third-order valence-corrected chi connectivity index (χ3v) is 6.33. The van der Waals surface area contributed by atoms with E-state index in [1.807, 2.05) is 18.2 Å². The van der Waals surface area contributed by atoms with Gasteiger partial charge in [-0.3, -0.25) is 0 Å². The molecule has 3 aliphatic rings. The molecule has 0 spiro atoms. The lowest BCUT2D eigenvalue weighted by molar-refractivity contribution is -0.184. The Hall–Kier alpha value is -0.850. The summed E-state index contributed by atoms with van der Waals surface area (Å²) in [5, 5.41) is 10.4. The highest BCUT2D eigenvalue weighted by Gasteiger charge is 2.48. The molecular formula is C20H27ClO5. The van der Waals surface area contributed by atoms with Crippen molar-refractivity contribution in [3.8, 4) is 5.75 Å². The van der Waals surface area contributed by atoms with E-state index in [-0.39, 0.29) is 6.10 Å². The molecule has 0 aromatic heterocycles. The first-order chi connectivity index (χ1) is 12.5. The molecule has 1 aromatic carbocycles. The van der Waals surface area contributed by atoms with Crippen molar-refractivity contribution in [2.45, 2.75) is 50.8 Å². The molecule has 4 rings (SSSR count). The van der Waals surface area contributed by atoms with Crippen LogP contribution >= 0.6 is 11.6 Å². The summed E-state index contributed by atoms with van der Waals surface area (Å²) in [7, 11) is 0. The average Bonchev–Trinajstić information content (AvgIpc) is 3.27. The quantitative estimate of drug-likeness (QED) is 0.814. The van der Waals surface area contributed by atoms with Crippen molar-refractivity contribution in [2.75, 3.05) is 19.8 Å². The summed E-state index contributed by atoms with van der Waals surface area (Å²) in [5.41, 5.74) is 0. The summed E-state index contributed by atoms with van der Waals surface area (Å²) >= 11 is 6.03. The Balaban J connectivity index is 1.37. The fourth-order valence-electron chi connectivity index (χ4n) is 4.82. The Morgan fingerprint density at radius 3 is 2.85 bits per heavy atom. The van der Waals surface area contributed by atoms with Crippen molar-refractivity contribution in [2.24, 2.45) is 17.8 Å². The highest BCUT2D eigenvalue weighted by atomic mass is 35.5. The summed E-state index contributed by atoms with van der Waals surface area (Å²) in [6.45, 7) is 3.81. The van der Waals surface area contributed by atoms with Gasteiger partial charge in [0.25, 0.3) is 0 Å². The Morgan fingerprint density at radius 2 is 2.08 bits per heavy atom. The first-order valence-electron chi connectivity index (χ1n) is 9.54. The second-order valence-electron chi connectivity index (χ2n) is 7.80. The van der Waals surface area contributed by atoms with Crippen LogP contribution in [0.2, 0.25) is 5.02 Å². The second kappa shape index (κ2) is 7.64. The van der Waals surface area contributed by atoms with Gasteiger partial charge < -0.3 is 24.1 Å². The number of fused-ring (bicyclic) bond motifs is 1. The van der Waals surface area contributed by atoms with E-state index in [1.165, 1.54) is 0 Å². The van der Waals surface area contributed by atoms with E-state index >= 15 is 0 Å². The van der Waals surface area contributed by atoms with Crippen LogP contribution in [0.3, 0.4) is 0 Å². The van der Waals surface area contributed by atoms with Crippen LogP contribution in [-0.2, 0) is 14.2 Å². The number of aliphatic hydroxyl groups excluding tert-OH is 1. The van der Waals surface area contributed by atoms with Crippen LogP contribution in [0.4, 0.5) is 0 Å². The minimum absolute atomic E-state index is 0.203. The summed E-state index contributed by atoms with van der Waals surface area (Å²) in [5.74, 6) is 1.57. The van der Waals surface area contributed by atoms with Gasteiger partial charge >= 0.3 is 0 Å². The van der Waals surface area contributed by atoms with Gasteiger partial charge in [-0.2, -0.15) is 0 Å². The fourth-order valence-corrected chi connectivity index (χ4v) is 5.00. The molecule has 0 radical (unpaired) electrons. The van der Waals surface area contributed by atoms with Gasteiger partial charge in [0.1, 0.15) is 12.4 Å². The molecule has 2 aliphatic heterocycles. The number of ether oxygens (including phenoxy) is 4. The molecule has 2 saturated heterocycles. The van der Waals surface area contributed by atoms with Crippen LogP contribution in [0.5, 0.6) is 5.75 Å². The van der Waals surface area contributed by atoms with Crippen molar-refractivity contribution in [1.82, 2.24) is 0 Å². The average molecular weight is 383 g/mol. The van der Waals surface area contributed by atoms with E-state index in [9.17, 15) is 5.11 Å². The van der Waals surface area contributed by atoms with Crippen LogP contribution in [-0.4, -0.2) is 43.1 Å². The molecule has 5 nitrogen and oxygen atoms in total. The Labute approximate surface area is 159 Å². The maximum absolute atomic E-state index is 9.80. The van der Waals surface area contributed by atoms with Crippen LogP contribution < -0.4 is 4.74 Å². The highest BCUT2D eigenvalue weighted by molar-refractivity contribution is 6.30. The molecular weight excluding hydrogens is 356 g/mol. The van der Waals surface area contributed by atoms with Gasteiger partial charge in [-0.25, -0.2) is 0 Å². The number of halogens is 1. The van der Waals surface area contributed by atoms with Gasteiger partial charge in [-0.15, -0.1) is 0 Å². The van der Waals surface area contributed by atoms with Crippen LogP contribution in [0, 0.1) is 17.8 Å². The van der Waals surface area contributed by atoms with Crippen LogP contribution in [0.25, 0.3) is 0 Å². The van der Waals surface area contributed by atoms with Crippen LogP contribution in [0.15, 0.2) is 24.3 Å². The Bertz CT molecular complexity index is 618. The third kappa shape index (κ3) is 3.87. The molecule has 0 bridgehead atoms. The molecule has 26 heavy (non-hydrogen) atoms. The standard InChI is InChI=1S/C20H27ClO5/c1-13-9-18-17(11-19(22)26-18)16(13)5-6-20(24-7-8-25-20)12-23-15-4-2-3-14(21)10-15/h2-4,10,13,16-19,22H,5-9,11-12H2,1H3. The van der Waals surface area contributed by atoms with Crippen LogP contribution in [0.1, 0.15) is 32.6 Å². The number of hydrogen-bond acceptors (Lipinski definition) is 5. The summed E-state index contributed by atoms with van der Waals surface area (Å²) in [6, 6.07) is 7.37. The number of aliphatic hydroxyl groups is 1. The molecule has 6 heteroatoms. The summed E-state index contributed by atoms with van der Waals surface area (Å²) in [6.07, 6.45) is 3.14. The SMILES string of the molecule is CC1CC2OC(O)CC2C1CCC1(COc2cccc(Cl)c2)OCCO1. The Morgan fingerprint density at radius 1 is 1.27 bits per heavy atom. The lowest BCUT2D eigenvalue weighted by Crippen LogP contribution is -2.38. The molecule has 144 valence electrons. The zero-order valence-electron chi connectivity index (χ0n) is 15.1. The maximum Gasteiger partial charge on any atom is 0.203 e. The molecule has 5 unspecified atom stereocenters. The van der Waals surface area contributed by atoms with E-state index in [1.54, 1.807) is 6.07 Å². The lowest BCUT2D eigenvalue weighted by atomic mass is 9.83. The molecule has 0 amide bonds. The van der Waals surface area contributed by atoms with Crippen molar-refractivity contribution in [3.63, 3.8) is 0 Å². The van der Waals surface area contributed by atoms with E-state index in [2.05, 4.69) is 6.92 Å². The van der Waals surface area contributed by atoms with Gasteiger partial charge in [0.05, 0.1) is 19.3 Å². The van der Waals surface area contributed by atoms with Crippen molar-refractivity contribution >= 4 is 11.6 Å². The van der Waals surface area contributed by atoms with Gasteiger partial charge in [0.2, 0.25) is 5.79 Å². The van der Waals surface area contributed by atoms with Crippen molar-refractivity contribution in [1.29, 1.82) is 0 Å². The Kier molecular flexibility index (Phi) is 5.44. The number of rotatable bonds is 6. The second-order valence-corrected chi connectivity index (χ2v) is 8.23. The zero-order chi connectivity index (χ0) is 18.1. The topological polar surface area (TPSA) is 57.2 Å². The zero-order valence-corrected chi connectivity index (χ0v) is 15.9. The van der Waals surface area contributed by atoms with E-state index in [0.29, 0.717) is 42.6 Å². The predicted molar refractivity (Wildman–Crippen MR) is 97.1 cm³/mol. The van der Waals surface area contributed by atoms with Gasteiger partial charge in [-0.1, -0.05) is 24.6 Å². The van der Waals surface area contributed by atoms with Gasteiger partial charge in [0, 0.05) is 17.9 Å². The van der Waals surface area contributed by atoms with E-state index < -0.39 is 12.1 Å². The number of benzene rings is 1. The first-order valence-corrected chi connectivity index (χ1v) is 9.92. The highest BCUT2D eigenvalue weighted by Crippen LogP contribution is 2.48. The molecule has 1 aliphatic carbocycles. The fraction of sp³-hybridized carbons (Fsp3) is 0.700. The lowest BCUT2D eigenvalue weighted by Gasteiger charge is -2.30. The normalized spacial score (nSPS) is 35.6. The monoisotopic (exact) mass is 382 g/mol. The minimum atomic E-state index is -0.696. The summed E-state index contributed by atoms with van der Waals surface area (Å²) < 4.78 is 23.5. The molecule has 2 heterocycles. The van der Waals surface area contributed by atoms with Crippen molar-refractivity contribution < 1.29 is 24.1 Å². The smallest absolute Gasteiger partial charge is 0.203 e. The van der Waals surface area contributed by atoms with E-state index in [4.69, 9.17) is 30.5 Å². The van der Waals surface area contributed by atoms with Crippen molar-refractivity contribution in [3.05, 3.63) is 29.3 Å². The molecule has 1 saturated carbocycles. The maximum atomic E-state index is 9.80. The molecule has 1 aromatic rings. The van der Waals surface area contributed by atoms with E-state index in [0.717, 1.165) is 31.4 Å². The predicted octanol–water partition coefficient (Wildman–Crippen LogP) is 3.62. The molecule has 5 atom stereocenters. The largest absolute Gasteiger partial charge is 0.488 e. The minimum Gasteiger partial charge on any atom is -0.488 e. The molecule has 3 fully saturated rings. The third-order valence-electron chi connectivity index (χ3n) is 6.10. The molecule has 1 N–H and O–H groups in total. The summed E-state index contributed by atoms with van der Waals surface area (Å²) in [4.78, 5) is 0.